The Hall–Kier alpha value is -0.313. The lowest BCUT2D eigenvalue weighted by molar-refractivity contribution is 0.301. The van der Waals surface area contributed by atoms with Gasteiger partial charge in [0.05, 0.1) is 0 Å². The van der Waals surface area contributed by atoms with Gasteiger partial charge in [-0.05, 0) is 36.9 Å². The summed E-state index contributed by atoms with van der Waals surface area (Å²) in [6.45, 7) is 11.2. The van der Waals surface area contributed by atoms with E-state index < -0.39 is 8.32 Å². The zero-order chi connectivity index (χ0) is 10.8. The van der Waals surface area contributed by atoms with Gasteiger partial charge in [0.15, 0.2) is 0 Å². The van der Waals surface area contributed by atoms with Gasteiger partial charge >= 0.3 is 0 Å². The zero-order valence-corrected chi connectivity index (χ0v) is 11.1. The van der Waals surface area contributed by atoms with E-state index in [1.807, 2.05) is 6.21 Å². The Morgan fingerprint density at radius 2 is 1.86 bits per heavy atom. The number of rotatable bonds is 3. The lowest BCUT2D eigenvalue weighted by Crippen LogP contribution is -2.39. The molecule has 0 aromatic heterocycles. The normalized spacial score (nSPS) is 19.8. The van der Waals surface area contributed by atoms with Crippen molar-refractivity contribution in [2.75, 3.05) is 0 Å². The Morgan fingerprint density at radius 3 is 2.21 bits per heavy atom. The van der Waals surface area contributed by atoms with Gasteiger partial charge in [0.25, 0.3) is 8.32 Å². The van der Waals surface area contributed by atoms with E-state index in [0.29, 0.717) is 5.92 Å². The van der Waals surface area contributed by atoms with Crippen molar-refractivity contribution in [1.82, 2.24) is 0 Å². The van der Waals surface area contributed by atoms with E-state index in [1.165, 1.54) is 19.3 Å². The van der Waals surface area contributed by atoms with Crippen LogP contribution in [-0.2, 0) is 4.53 Å². The van der Waals surface area contributed by atoms with E-state index >= 15 is 0 Å². The van der Waals surface area contributed by atoms with E-state index in [2.05, 4.69) is 39.0 Å². The fraction of sp³-hybridized carbons (Fsp3) is 0.909. The van der Waals surface area contributed by atoms with Gasteiger partial charge in [-0.2, -0.15) is 0 Å². The van der Waals surface area contributed by atoms with Crippen LogP contribution < -0.4 is 0 Å². The predicted molar refractivity (Wildman–Crippen MR) is 64.1 cm³/mol. The molecule has 1 rings (SSSR count). The highest BCUT2D eigenvalue weighted by molar-refractivity contribution is 6.74. The van der Waals surface area contributed by atoms with Crippen LogP contribution in [0, 0.1) is 5.92 Å². The maximum absolute atomic E-state index is 5.71. The lowest BCUT2D eigenvalue weighted by Gasteiger charge is -2.33. The molecule has 1 aliphatic rings. The minimum absolute atomic E-state index is 0.254. The monoisotopic (exact) mass is 213 g/mol. The first-order chi connectivity index (χ1) is 6.33. The van der Waals surface area contributed by atoms with Crippen molar-refractivity contribution in [3.05, 3.63) is 0 Å². The summed E-state index contributed by atoms with van der Waals surface area (Å²) in [6, 6.07) is 0. The van der Waals surface area contributed by atoms with Gasteiger partial charge in [-0.25, -0.2) is 0 Å². The van der Waals surface area contributed by atoms with Crippen LogP contribution in [-0.4, -0.2) is 14.5 Å². The highest BCUT2D eigenvalue weighted by Gasteiger charge is 2.39. The van der Waals surface area contributed by atoms with Crippen LogP contribution in [0.15, 0.2) is 5.16 Å². The standard InChI is InChI=1S/C11H23NOSi/c1-11(2,3)14(4,5)13-12-9-10-7-6-8-10/h9-10H,6-8H2,1-5H3. The van der Waals surface area contributed by atoms with Crippen LogP contribution in [0.1, 0.15) is 40.0 Å². The molecule has 0 N–H and O–H groups in total. The second-order valence-corrected chi connectivity index (χ2v) is 10.5. The van der Waals surface area contributed by atoms with Crippen LogP contribution in [0.4, 0.5) is 0 Å². The molecular weight excluding hydrogens is 190 g/mol. The quantitative estimate of drug-likeness (QED) is 0.397. The SMILES string of the molecule is CC(C)(C)[Si](C)(C)ON=CC1CCC1. The lowest BCUT2D eigenvalue weighted by atomic mass is 9.87. The molecule has 0 radical (unpaired) electrons. The van der Waals surface area contributed by atoms with Crippen molar-refractivity contribution >= 4 is 14.5 Å². The first kappa shape index (κ1) is 11.8. The molecule has 1 fully saturated rings. The molecule has 0 bridgehead atoms. The molecule has 0 saturated heterocycles. The second kappa shape index (κ2) is 4.05. The molecule has 0 amide bonds. The smallest absolute Gasteiger partial charge is 0.286 e. The van der Waals surface area contributed by atoms with E-state index in [0.717, 1.165) is 0 Å². The van der Waals surface area contributed by atoms with Crippen LogP contribution in [0.2, 0.25) is 18.1 Å². The summed E-state index contributed by atoms with van der Waals surface area (Å²) in [6.07, 6.45) is 5.95. The number of hydrogen-bond donors (Lipinski definition) is 0. The van der Waals surface area contributed by atoms with Crippen LogP contribution >= 0.6 is 0 Å². The molecule has 0 atom stereocenters. The van der Waals surface area contributed by atoms with Gasteiger partial charge in [0.2, 0.25) is 0 Å². The Balaban J connectivity index is 2.38. The average Bonchev–Trinajstić information content (AvgIpc) is 1.92. The molecule has 0 heterocycles. The Morgan fingerprint density at radius 1 is 1.29 bits per heavy atom. The van der Waals surface area contributed by atoms with Crippen molar-refractivity contribution in [3.8, 4) is 0 Å². The molecule has 0 aromatic carbocycles. The summed E-state index contributed by atoms with van der Waals surface area (Å²) in [7, 11) is -1.66. The third-order valence-electron chi connectivity index (χ3n) is 3.51. The summed E-state index contributed by atoms with van der Waals surface area (Å²) >= 11 is 0. The molecule has 1 saturated carbocycles. The van der Waals surface area contributed by atoms with E-state index in [9.17, 15) is 0 Å². The number of hydrogen-bond acceptors (Lipinski definition) is 2. The average molecular weight is 213 g/mol. The summed E-state index contributed by atoms with van der Waals surface area (Å²) in [5.74, 6) is 0.694. The van der Waals surface area contributed by atoms with Gasteiger partial charge < -0.3 is 4.53 Å². The zero-order valence-electron chi connectivity index (χ0n) is 10.1. The first-order valence-corrected chi connectivity index (χ1v) is 8.45. The fourth-order valence-electron chi connectivity index (χ4n) is 0.974. The van der Waals surface area contributed by atoms with Crippen LogP contribution in [0.5, 0.6) is 0 Å². The summed E-state index contributed by atoms with van der Waals surface area (Å²) in [5, 5.41) is 4.42. The minimum atomic E-state index is -1.66. The van der Waals surface area contributed by atoms with Crippen LogP contribution in [0.25, 0.3) is 0 Å². The maximum atomic E-state index is 5.71. The van der Waals surface area contributed by atoms with Crippen molar-refractivity contribution in [1.29, 1.82) is 0 Å². The third kappa shape index (κ3) is 2.84. The maximum Gasteiger partial charge on any atom is 0.286 e. The molecule has 0 aliphatic heterocycles. The fourth-order valence-corrected chi connectivity index (χ4v) is 1.57. The molecule has 14 heavy (non-hydrogen) atoms. The highest BCUT2D eigenvalue weighted by atomic mass is 28.4. The van der Waals surface area contributed by atoms with E-state index in [1.54, 1.807) is 0 Å². The van der Waals surface area contributed by atoms with Crippen molar-refractivity contribution in [3.63, 3.8) is 0 Å². The summed E-state index contributed by atoms with van der Waals surface area (Å²) in [4.78, 5) is 0. The largest absolute Gasteiger partial charge is 0.455 e. The first-order valence-electron chi connectivity index (χ1n) is 5.54. The van der Waals surface area contributed by atoms with Crippen LogP contribution in [0.3, 0.4) is 0 Å². The van der Waals surface area contributed by atoms with Gasteiger partial charge in [0.1, 0.15) is 0 Å². The molecule has 3 heteroatoms. The molecule has 1 aliphatic carbocycles. The second-order valence-electron chi connectivity index (χ2n) is 5.80. The van der Waals surface area contributed by atoms with Crippen molar-refractivity contribution in [2.24, 2.45) is 11.1 Å². The highest BCUT2D eigenvalue weighted by Crippen LogP contribution is 2.36. The number of oxime groups is 1. The van der Waals surface area contributed by atoms with Crippen molar-refractivity contribution < 1.29 is 4.53 Å². The van der Waals surface area contributed by atoms with Crippen molar-refractivity contribution in [2.45, 2.75) is 58.2 Å². The Kier molecular flexibility index (Phi) is 3.40. The molecule has 0 unspecified atom stereocenters. The van der Waals surface area contributed by atoms with Gasteiger partial charge in [0, 0.05) is 6.21 Å². The molecule has 2 nitrogen and oxygen atoms in total. The van der Waals surface area contributed by atoms with Gasteiger partial charge in [-0.15, -0.1) is 5.16 Å². The minimum Gasteiger partial charge on any atom is -0.455 e. The van der Waals surface area contributed by atoms with E-state index in [-0.39, 0.29) is 5.04 Å². The molecule has 0 spiro atoms. The molecule has 82 valence electrons. The molecular formula is C11H23NOSi. The summed E-state index contributed by atoms with van der Waals surface area (Å²) in [5.41, 5.74) is 0. The molecule has 0 aromatic rings. The third-order valence-corrected chi connectivity index (χ3v) is 7.68. The Bertz CT molecular complexity index is 214. The number of nitrogens with zero attached hydrogens (tertiary/aromatic N) is 1. The van der Waals surface area contributed by atoms with Gasteiger partial charge in [-0.3, -0.25) is 0 Å². The Labute approximate surface area is 88.9 Å². The predicted octanol–water partition coefficient (Wildman–Crippen LogP) is 3.79. The van der Waals surface area contributed by atoms with E-state index in [4.69, 9.17) is 4.53 Å². The summed E-state index contributed by atoms with van der Waals surface area (Å²) < 4.78 is 5.71. The van der Waals surface area contributed by atoms with Gasteiger partial charge in [-0.1, -0.05) is 27.2 Å². The topological polar surface area (TPSA) is 21.6 Å².